The summed E-state index contributed by atoms with van der Waals surface area (Å²) >= 11 is 0. The third kappa shape index (κ3) is 3.77. The van der Waals surface area contributed by atoms with Crippen LogP contribution in [0.15, 0.2) is 157 Å². The number of aromatic nitrogens is 3. The van der Waals surface area contributed by atoms with E-state index in [0.717, 1.165) is 28.0 Å². The Hall–Kier alpha value is -6.52. The smallest absolute Gasteiger partial charge is 0.146 e. The van der Waals surface area contributed by atoms with Gasteiger partial charge < -0.3 is 4.57 Å². The van der Waals surface area contributed by atoms with Gasteiger partial charge in [0.25, 0.3) is 0 Å². The third-order valence-electron chi connectivity index (χ3n) is 12.6. The molecule has 256 valence electrons. The number of imidazole rings is 1. The van der Waals surface area contributed by atoms with E-state index in [-0.39, 0.29) is 17.5 Å². The summed E-state index contributed by atoms with van der Waals surface area (Å²) in [4.78, 5) is 11.3. The van der Waals surface area contributed by atoms with Crippen molar-refractivity contribution in [1.29, 1.82) is 0 Å². The van der Waals surface area contributed by atoms with Crippen LogP contribution in [0.3, 0.4) is 0 Å². The molecule has 54 heavy (non-hydrogen) atoms. The molecule has 2 aliphatic rings. The van der Waals surface area contributed by atoms with Gasteiger partial charge in [-0.1, -0.05) is 148 Å². The van der Waals surface area contributed by atoms with Crippen LogP contribution in [-0.2, 0) is 5.41 Å². The fourth-order valence-corrected chi connectivity index (χ4v) is 10.2. The summed E-state index contributed by atoms with van der Waals surface area (Å²) in [6.45, 7) is 7.16. The van der Waals surface area contributed by atoms with E-state index >= 15 is 0 Å². The van der Waals surface area contributed by atoms with Gasteiger partial charge in [-0.05, 0) is 62.7 Å². The average Bonchev–Trinajstić information content (AvgIpc) is 3.85. The second-order valence-electron chi connectivity index (χ2n) is 15.7. The summed E-state index contributed by atoms with van der Waals surface area (Å²) in [6, 6.07) is 55.5. The third-order valence-corrected chi connectivity index (χ3v) is 12.6. The Balaban J connectivity index is 1.18. The zero-order valence-corrected chi connectivity index (χ0v) is 30.4. The minimum atomic E-state index is -0.217. The summed E-state index contributed by atoms with van der Waals surface area (Å²) in [7, 11) is 0. The Labute approximate surface area is 312 Å². The van der Waals surface area contributed by atoms with Gasteiger partial charge in [0.15, 0.2) is 0 Å². The molecule has 0 saturated carbocycles. The molecule has 1 aliphatic carbocycles. The van der Waals surface area contributed by atoms with E-state index in [1.165, 1.54) is 76.8 Å². The first kappa shape index (κ1) is 30.0. The van der Waals surface area contributed by atoms with E-state index in [4.69, 9.17) is 9.98 Å². The molecule has 0 amide bonds. The van der Waals surface area contributed by atoms with Crippen molar-refractivity contribution in [3.8, 4) is 11.1 Å². The molecule has 10 aromatic rings. The van der Waals surface area contributed by atoms with Gasteiger partial charge >= 0.3 is 0 Å². The predicted octanol–water partition coefficient (Wildman–Crippen LogP) is 12.4. The van der Waals surface area contributed by atoms with Crippen molar-refractivity contribution in [1.82, 2.24) is 14.0 Å². The quantitative estimate of drug-likeness (QED) is 0.166. The van der Waals surface area contributed by atoms with Crippen molar-refractivity contribution in [3.05, 3.63) is 180 Å². The zero-order chi connectivity index (χ0) is 35.9. The lowest BCUT2D eigenvalue weighted by Crippen LogP contribution is -2.25. The fourth-order valence-electron chi connectivity index (χ4n) is 10.2. The highest BCUT2D eigenvalue weighted by Gasteiger charge is 2.40. The van der Waals surface area contributed by atoms with Crippen molar-refractivity contribution < 1.29 is 0 Å². The number of hydrogen-bond donors (Lipinski definition) is 0. The van der Waals surface area contributed by atoms with Crippen molar-refractivity contribution in [2.45, 2.75) is 38.3 Å². The van der Waals surface area contributed by atoms with E-state index in [1.54, 1.807) is 0 Å². The van der Waals surface area contributed by atoms with Gasteiger partial charge in [-0.2, -0.15) is 0 Å². The minimum Gasteiger partial charge on any atom is -0.317 e. The van der Waals surface area contributed by atoms with Gasteiger partial charge in [0, 0.05) is 38.4 Å². The molecule has 0 fully saturated rings. The topological polar surface area (TPSA) is 34.6 Å². The van der Waals surface area contributed by atoms with Crippen molar-refractivity contribution in [2.24, 2.45) is 4.99 Å². The number of aliphatic imine (C=N–C) groups is 1. The molecule has 4 heterocycles. The number of para-hydroxylation sites is 2. The van der Waals surface area contributed by atoms with Crippen LogP contribution in [0.5, 0.6) is 0 Å². The molecule has 12 rings (SSSR count). The minimum absolute atomic E-state index is 0.00782. The van der Waals surface area contributed by atoms with Gasteiger partial charge in [-0.25, -0.2) is 4.98 Å². The maximum absolute atomic E-state index is 5.79. The van der Waals surface area contributed by atoms with Gasteiger partial charge in [0.2, 0.25) is 0 Å². The van der Waals surface area contributed by atoms with Crippen LogP contribution in [0, 0.1) is 0 Å². The standard InChI is InChI=1S/C50H36N4/c1-29-47-46(52-49-37-22-10-9-19-33(37)34-20-11-14-24-42(34)54(47)49)45(31-16-5-4-6-17-31)51-48(29)53-41-23-13-12-21-35(41)39-27-38-36-26-25-30-15-7-8-18-32(30)44(36)50(2,3)40(38)28-43(39)53/h4-29,48H,1-3H3. The number of nitrogens with zero attached hydrogens (tertiary/aromatic N) is 4. The number of rotatable bonds is 2. The fraction of sp³-hybridized carbons (Fsp3) is 0.120. The van der Waals surface area contributed by atoms with Gasteiger partial charge in [0.1, 0.15) is 17.5 Å². The lowest BCUT2D eigenvalue weighted by molar-refractivity contribution is 0.456. The second kappa shape index (κ2) is 10.5. The summed E-state index contributed by atoms with van der Waals surface area (Å²) in [6.07, 6.45) is -0.217. The Morgan fingerprint density at radius 1 is 0.556 bits per heavy atom. The molecular weight excluding hydrogens is 657 g/mol. The lowest BCUT2D eigenvalue weighted by atomic mass is 9.80. The average molecular weight is 693 g/mol. The molecule has 0 bridgehead atoms. The van der Waals surface area contributed by atoms with Crippen LogP contribution in [-0.4, -0.2) is 19.7 Å². The number of hydrogen-bond acceptors (Lipinski definition) is 2. The number of fused-ring (bicyclic) bond motifs is 16. The molecule has 4 heteroatoms. The molecule has 0 saturated heterocycles. The monoisotopic (exact) mass is 692 g/mol. The Kier molecular flexibility index (Phi) is 5.86. The molecule has 2 atom stereocenters. The maximum Gasteiger partial charge on any atom is 0.146 e. The van der Waals surface area contributed by atoms with Crippen molar-refractivity contribution >= 4 is 65.6 Å². The summed E-state index contributed by atoms with van der Waals surface area (Å²) in [5.74, 6) is 0.00782. The van der Waals surface area contributed by atoms with E-state index < -0.39 is 0 Å². The summed E-state index contributed by atoms with van der Waals surface area (Å²) in [5, 5.41) is 8.76. The number of pyridine rings is 1. The van der Waals surface area contributed by atoms with Gasteiger partial charge in [-0.15, -0.1) is 0 Å². The molecule has 1 aliphatic heterocycles. The van der Waals surface area contributed by atoms with E-state index in [1.807, 2.05) is 0 Å². The molecule has 2 unspecified atom stereocenters. The lowest BCUT2D eigenvalue weighted by Gasteiger charge is -2.30. The van der Waals surface area contributed by atoms with Crippen LogP contribution in [0.25, 0.3) is 71.0 Å². The Morgan fingerprint density at radius 3 is 2.00 bits per heavy atom. The Bertz CT molecular complexity index is 3270. The first-order chi connectivity index (χ1) is 26.5. The highest BCUT2D eigenvalue weighted by molar-refractivity contribution is 6.17. The van der Waals surface area contributed by atoms with Crippen LogP contribution >= 0.6 is 0 Å². The van der Waals surface area contributed by atoms with Crippen LogP contribution in [0.1, 0.15) is 60.9 Å². The van der Waals surface area contributed by atoms with E-state index in [2.05, 4.69) is 181 Å². The molecular formula is C50H36N4. The van der Waals surface area contributed by atoms with Crippen molar-refractivity contribution in [3.63, 3.8) is 0 Å². The van der Waals surface area contributed by atoms with Crippen LogP contribution in [0.4, 0.5) is 0 Å². The van der Waals surface area contributed by atoms with Gasteiger partial charge in [0.05, 0.1) is 28.0 Å². The summed E-state index contributed by atoms with van der Waals surface area (Å²) in [5.41, 5.74) is 14.1. The van der Waals surface area contributed by atoms with Crippen LogP contribution < -0.4 is 0 Å². The molecule has 3 aromatic heterocycles. The van der Waals surface area contributed by atoms with Crippen molar-refractivity contribution in [2.75, 3.05) is 0 Å². The van der Waals surface area contributed by atoms with E-state index in [9.17, 15) is 0 Å². The second-order valence-corrected chi connectivity index (χ2v) is 15.7. The first-order valence-corrected chi connectivity index (χ1v) is 19.0. The molecule has 7 aromatic carbocycles. The molecule has 0 N–H and O–H groups in total. The normalized spacial score (nSPS) is 17.4. The van der Waals surface area contributed by atoms with Crippen LogP contribution in [0.2, 0.25) is 0 Å². The first-order valence-electron chi connectivity index (χ1n) is 19.0. The number of benzene rings is 7. The highest BCUT2D eigenvalue weighted by atomic mass is 15.2. The van der Waals surface area contributed by atoms with E-state index in [0.29, 0.717) is 0 Å². The molecule has 0 radical (unpaired) electrons. The highest BCUT2D eigenvalue weighted by Crippen LogP contribution is 2.54. The molecule has 4 nitrogen and oxygen atoms in total. The summed E-state index contributed by atoms with van der Waals surface area (Å²) < 4.78 is 4.99. The SMILES string of the molecule is CC1c2c(nc3c4ccccc4c4ccccc4n23)C(c2ccccc2)=NC1n1c2ccccc2c2cc3c(cc21)C(C)(C)c1c-3ccc2ccccc12. The van der Waals surface area contributed by atoms with Gasteiger partial charge in [-0.3, -0.25) is 9.39 Å². The Morgan fingerprint density at radius 2 is 1.20 bits per heavy atom. The largest absolute Gasteiger partial charge is 0.317 e. The zero-order valence-electron chi connectivity index (χ0n) is 30.4. The molecule has 0 spiro atoms. The maximum atomic E-state index is 5.79. The predicted molar refractivity (Wildman–Crippen MR) is 224 cm³/mol.